The van der Waals surface area contributed by atoms with Crippen LogP contribution in [-0.4, -0.2) is 53.7 Å². The molecule has 1 unspecified atom stereocenters. The Bertz CT molecular complexity index is 1030. The van der Waals surface area contributed by atoms with E-state index < -0.39 is 17.7 Å². The van der Waals surface area contributed by atoms with Crippen LogP contribution in [0.15, 0.2) is 48.0 Å². The first-order valence-corrected chi connectivity index (χ1v) is 10.7. The fourth-order valence-corrected chi connectivity index (χ4v) is 3.90. The Balaban J connectivity index is 2.13. The summed E-state index contributed by atoms with van der Waals surface area (Å²) < 4.78 is 10.8. The van der Waals surface area contributed by atoms with Gasteiger partial charge in [-0.05, 0) is 54.8 Å². The first kappa shape index (κ1) is 23.3. The first-order chi connectivity index (χ1) is 15.4. The molecule has 170 valence electrons. The molecular formula is C25H29NO6. The van der Waals surface area contributed by atoms with Crippen molar-refractivity contribution in [2.45, 2.75) is 32.7 Å². The van der Waals surface area contributed by atoms with E-state index >= 15 is 0 Å². The number of rotatable bonds is 9. The molecule has 7 heteroatoms. The van der Waals surface area contributed by atoms with E-state index in [0.717, 1.165) is 18.4 Å². The Morgan fingerprint density at radius 2 is 1.94 bits per heavy atom. The van der Waals surface area contributed by atoms with Crippen LogP contribution in [0.1, 0.15) is 42.5 Å². The number of likely N-dealkylation sites (tertiary alicyclic amines) is 1. The Morgan fingerprint density at radius 1 is 1.16 bits per heavy atom. The van der Waals surface area contributed by atoms with Crippen molar-refractivity contribution in [1.82, 2.24) is 4.90 Å². The van der Waals surface area contributed by atoms with Crippen molar-refractivity contribution < 1.29 is 29.3 Å². The lowest BCUT2D eigenvalue weighted by atomic mass is 9.94. The number of hydrogen-bond acceptors (Lipinski definition) is 6. The van der Waals surface area contributed by atoms with Gasteiger partial charge < -0.3 is 24.6 Å². The highest BCUT2D eigenvalue weighted by molar-refractivity contribution is 6.46. The third-order valence-corrected chi connectivity index (χ3v) is 5.49. The number of aryl methyl sites for hydroxylation is 1. The number of carbonyl (C=O) groups is 2. The Kier molecular flexibility index (Phi) is 7.53. The second-order valence-corrected chi connectivity index (χ2v) is 7.68. The summed E-state index contributed by atoms with van der Waals surface area (Å²) in [4.78, 5) is 27.5. The fourth-order valence-electron chi connectivity index (χ4n) is 3.90. The molecule has 1 heterocycles. The van der Waals surface area contributed by atoms with Crippen molar-refractivity contribution in [3.63, 3.8) is 0 Å². The van der Waals surface area contributed by atoms with E-state index in [1.165, 1.54) is 4.90 Å². The minimum absolute atomic E-state index is 0.0509. The number of methoxy groups -OCH3 is 1. The highest BCUT2D eigenvalue weighted by Gasteiger charge is 2.45. The normalized spacial score (nSPS) is 17.6. The SMILES string of the molecule is CCCCN1C(=O)C(=O)/C(=C(/O)c2ccc(OC)c(C)c2)C1c1cccc(OCCO)c1. The number of benzene rings is 2. The number of aliphatic hydroxyl groups is 2. The van der Waals surface area contributed by atoms with Gasteiger partial charge >= 0.3 is 0 Å². The van der Waals surface area contributed by atoms with Gasteiger partial charge in [-0.15, -0.1) is 0 Å². The van der Waals surface area contributed by atoms with Gasteiger partial charge in [0.1, 0.15) is 23.9 Å². The van der Waals surface area contributed by atoms with E-state index in [4.69, 9.17) is 14.6 Å². The summed E-state index contributed by atoms with van der Waals surface area (Å²) >= 11 is 0. The van der Waals surface area contributed by atoms with Crippen LogP contribution in [0.2, 0.25) is 0 Å². The van der Waals surface area contributed by atoms with Gasteiger partial charge in [0.05, 0.1) is 25.3 Å². The lowest BCUT2D eigenvalue weighted by Gasteiger charge is -2.25. The van der Waals surface area contributed by atoms with Crippen molar-refractivity contribution in [1.29, 1.82) is 0 Å². The molecule has 1 saturated heterocycles. The zero-order valence-corrected chi connectivity index (χ0v) is 18.6. The van der Waals surface area contributed by atoms with Gasteiger partial charge in [0.15, 0.2) is 0 Å². The van der Waals surface area contributed by atoms with Crippen LogP contribution in [0.25, 0.3) is 5.76 Å². The Labute approximate surface area is 187 Å². The van der Waals surface area contributed by atoms with E-state index in [1.807, 2.05) is 13.8 Å². The van der Waals surface area contributed by atoms with Crippen molar-refractivity contribution in [3.05, 3.63) is 64.7 Å². The summed E-state index contributed by atoms with van der Waals surface area (Å²) in [6.07, 6.45) is 1.58. The number of hydrogen-bond donors (Lipinski definition) is 2. The average Bonchev–Trinajstić information content (AvgIpc) is 3.05. The number of nitrogens with zero attached hydrogens (tertiary/aromatic N) is 1. The number of ketones is 1. The predicted octanol–water partition coefficient (Wildman–Crippen LogP) is 3.60. The number of unbranched alkanes of at least 4 members (excludes halogenated alkanes) is 1. The maximum atomic E-state index is 13.0. The molecule has 0 radical (unpaired) electrons. The third-order valence-electron chi connectivity index (χ3n) is 5.49. The summed E-state index contributed by atoms with van der Waals surface area (Å²) in [5, 5.41) is 20.2. The van der Waals surface area contributed by atoms with Crippen molar-refractivity contribution in [2.24, 2.45) is 0 Å². The molecule has 0 aromatic heterocycles. The van der Waals surface area contributed by atoms with Crippen molar-refractivity contribution >= 4 is 17.4 Å². The molecule has 0 saturated carbocycles. The minimum atomic E-state index is -0.735. The van der Waals surface area contributed by atoms with Gasteiger partial charge in [0, 0.05) is 12.1 Å². The van der Waals surface area contributed by atoms with Gasteiger partial charge in [-0.3, -0.25) is 9.59 Å². The highest BCUT2D eigenvalue weighted by atomic mass is 16.5. The van der Waals surface area contributed by atoms with Crippen LogP contribution in [0.5, 0.6) is 11.5 Å². The number of Topliss-reactive ketones (excluding diaryl/α,β-unsaturated/α-hetero) is 1. The third kappa shape index (κ3) is 4.62. The van der Waals surface area contributed by atoms with Crippen LogP contribution < -0.4 is 9.47 Å². The summed E-state index contributed by atoms with van der Waals surface area (Å²) in [6, 6.07) is 11.4. The predicted molar refractivity (Wildman–Crippen MR) is 121 cm³/mol. The molecule has 1 atom stereocenters. The molecule has 1 fully saturated rings. The molecular weight excluding hydrogens is 410 g/mol. The second kappa shape index (κ2) is 10.3. The number of aliphatic hydroxyl groups excluding tert-OH is 2. The lowest BCUT2D eigenvalue weighted by Crippen LogP contribution is -2.30. The molecule has 32 heavy (non-hydrogen) atoms. The van der Waals surface area contributed by atoms with Crippen LogP contribution in [0.3, 0.4) is 0 Å². The maximum Gasteiger partial charge on any atom is 0.295 e. The second-order valence-electron chi connectivity index (χ2n) is 7.68. The quantitative estimate of drug-likeness (QED) is 0.352. The summed E-state index contributed by atoms with van der Waals surface area (Å²) in [7, 11) is 1.56. The smallest absolute Gasteiger partial charge is 0.295 e. The lowest BCUT2D eigenvalue weighted by molar-refractivity contribution is -0.139. The van der Waals surface area contributed by atoms with Crippen LogP contribution in [-0.2, 0) is 9.59 Å². The topological polar surface area (TPSA) is 96.3 Å². The monoisotopic (exact) mass is 439 g/mol. The minimum Gasteiger partial charge on any atom is -0.507 e. The molecule has 2 aromatic rings. The van der Waals surface area contributed by atoms with E-state index in [-0.39, 0.29) is 24.5 Å². The standard InChI is InChI=1S/C25H29NO6/c1-4-5-11-26-22(17-7-6-8-19(15-17)32-13-12-27)21(24(29)25(26)30)23(28)18-9-10-20(31-3)16(2)14-18/h6-10,14-15,22,27-28H,4-5,11-13H2,1-3H3/b23-21+. The zero-order chi connectivity index (χ0) is 23.3. The Morgan fingerprint density at radius 3 is 2.59 bits per heavy atom. The number of ether oxygens (including phenoxy) is 2. The molecule has 1 aliphatic rings. The van der Waals surface area contributed by atoms with Crippen LogP contribution >= 0.6 is 0 Å². The molecule has 1 amide bonds. The molecule has 0 bridgehead atoms. The zero-order valence-electron chi connectivity index (χ0n) is 18.6. The molecule has 2 N–H and O–H groups in total. The molecule has 3 rings (SSSR count). The van der Waals surface area contributed by atoms with Gasteiger partial charge in [0.25, 0.3) is 11.7 Å². The van der Waals surface area contributed by atoms with E-state index in [0.29, 0.717) is 29.2 Å². The van der Waals surface area contributed by atoms with E-state index in [1.54, 1.807) is 49.6 Å². The fraction of sp³-hybridized carbons (Fsp3) is 0.360. The van der Waals surface area contributed by atoms with E-state index in [2.05, 4.69) is 0 Å². The maximum absolute atomic E-state index is 13.0. The first-order valence-electron chi connectivity index (χ1n) is 10.7. The van der Waals surface area contributed by atoms with Gasteiger partial charge in [-0.25, -0.2) is 0 Å². The van der Waals surface area contributed by atoms with Gasteiger partial charge in [-0.2, -0.15) is 0 Å². The van der Waals surface area contributed by atoms with Crippen molar-refractivity contribution in [2.75, 3.05) is 26.9 Å². The molecule has 0 spiro atoms. The van der Waals surface area contributed by atoms with Gasteiger partial charge in [-0.1, -0.05) is 25.5 Å². The highest BCUT2D eigenvalue weighted by Crippen LogP contribution is 2.40. The van der Waals surface area contributed by atoms with Gasteiger partial charge in [0.2, 0.25) is 0 Å². The molecule has 2 aromatic carbocycles. The summed E-state index contributed by atoms with van der Waals surface area (Å²) in [5.41, 5.74) is 1.94. The summed E-state index contributed by atoms with van der Waals surface area (Å²) in [5.74, 6) is -0.386. The largest absolute Gasteiger partial charge is 0.507 e. The van der Waals surface area contributed by atoms with Crippen LogP contribution in [0.4, 0.5) is 0 Å². The van der Waals surface area contributed by atoms with E-state index in [9.17, 15) is 14.7 Å². The molecule has 1 aliphatic heterocycles. The average molecular weight is 440 g/mol. The van der Waals surface area contributed by atoms with Crippen LogP contribution in [0, 0.1) is 6.92 Å². The Hall–Kier alpha value is -3.32. The van der Waals surface area contributed by atoms with Crippen molar-refractivity contribution in [3.8, 4) is 11.5 Å². The molecule has 7 nitrogen and oxygen atoms in total. The number of carbonyl (C=O) groups excluding carboxylic acids is 2. The number of amides is 1. The molecule has 0 aliphatic carbocycles. The summed E-state index contributed by atoms with van der Waals surface area (Å²) in [6.45, 7) is 4.25.